The fourth-order valence-corrected chi connectivity index (χ4v) is 11.1. The van der Waals surface area contributed by atoms with E-state index in [9.17, 15) is 20.4 Å². The average molecular weight is 475 g/mol. The highest BCUT2D eigenvalue weighted by atomic mass is 16.3. The Hall–Kier alpha value is -0.420. The summed E-state index contributed by atoms with van der Waals surface area (Å²) < 4.78 is 0. The number of hydrogen-bond acceptors (Lipinski definition) is 4. The number of aliphatic hydroxyl groups is 4. The van der Waals surface area contributed by atoms with Gasteiger partial charge in [-0.3, -0.25) is 0 Å². The molecule has 4 nitrogen and oxygen atoms in total. The lowest BCUT2D eigenvalue weighted by Crippen LogP contribution is -2.61. The fraction of sp³-hybridized carbons (Fsp3) is 0.933. The summed E-state index contributed by atoms with van der Waals surface area (Å²) in [7, 11) is 0. The van der Waals surface area contributed by atoms with Crippen LogP contribution in [0.15, 0.2) is 11.6 Å². The summed E-state index contributed by atoms with van der Waals surface area (Å²) in [6, 6.07) is 0. The van der Waals surface area contributed by atoms with Crippen LogP contribution in [0.3, 0.4) is 0 Å². The van der Waals surface area contributed by atoms with Crippen LogP contribution in [-0.4, -0.2) is 45.3 Å². The van der Waals surface area contributed by atoms with Crippen molar-refractivity contribution in [3.63, 3.8) is 0 Å². The molecule has 0 heterocycles. The van der Waals surface area contributed by atoms with Crippen molar-refractivity contribution in [2.45, 2.75) is 118 Å². The number of fused-ring (bicyclic) bond motifs is 2. The standard InChI is InChI=1S/C30H50O4/c1-18(16-31)7-8-21(32)19(2)20-11-12-28(6)23-10-9-22-26(3,4)24(33)15-25(34)30(22)17-29(23,30)14-13-27(20,28)5/h7,19-25,31-34H,8-17H2,1-6H3/b18-7+/t19-,20+,21+,22-,23-,24-,25+,27+,28-,29-,30+/m0/s1. The third-order valence-electron chi connectivity index (χ3n) is 13.4. The normalized spacial score (nSPS) is 53.2. The molecule has 0 radical (unpaired) electrons. The second-order valence-electron chi connectivity index (χ2n) is 14.5. The van der Waals surface area contributed by atoms with Crippen molar-refractivity contribution in [3.05, 3.63) is 11.6 Å². The Morgan fingerprint density at radius 1 is 0.941 bits per heavy atom. The van der Waals surface area contributed by atoms with Gasteiger partial charge in [0.2, 0.25) is 0 Å². The first-order valence-corrected chi connectivity index (χ1v) is 14.1. The lowest BCUT2D eigenvalue weighted by atomic mass is 9.41. The van der Waals surface area contributed by atoms with Gasteiger partial charge < -0.3 is 20.4 Å². The van der Waals surface area contributed by atoms with Gasteiger partial charge in [0.05, 0.1) is 24.9 Å². The molecular weight excluding hydrogens is 424 g/mol. The summed E-state index contributed by atoms with van der Waals surface area (Å²) in [5.41, 5.74) is 1.53. The molecule has 0 amide bonds. The molecule has 11 atom stereocenters. The molecule has 5 aliphatic rings. The second-order valence-corrected chi connectivity index (χ2v) is 14.5. The Bertz CT molecular complexity index is 851. The Morgan fingerprint density at radius 2 is 1.62 bits per heavy atom. The molecule has 0 bridgehead atoms. The molecule has 0 saturated heterocycles. The van der Waals surface area contributed by atoms with Crippen molar-refractivity contribution in [2.24, 2.45) is 50.7 Å². The fourth-order valence-electron chi connectivity index (χ4n) is 11.1. The van der Waals surface area contributed by atoms with E-state index in [2.05, 4.69) is 34.6 Å². The van der Waals surface area contributed by atoms with Crippen LogP contribution in [0.5, 0.6) is 0 Å². The predicted octanol–water partition coefficient (Wildman–Crippen LogP) is 5.08. The predicted molar refractivity (Wildman–Crippen MR) is 135 cm³/mol. The molecule has 34 heavy (non-hydrogen) atoms. The maximum absolute atomic E-state index is 11.5. The zero-order valence-electron chi connectivity index (χ0n) is 22.5. The van der Waals surface area contributed by atoms with Gasteiger partial charge >= 0.3 is 0 Å². The van der Waals surface area contributed by atoms with E-state index in [0.29, 0.717) is 30.6 Å². The quantitative estimate of drug-likeness (QED) is 0.419. The molecule has 5 rings (SSSR count). The van der Waals surface area contributed by atoms with Gasteiger partial charge in [-0.1, -0.05) is 46.3 Å². The van der Waals surface area contributed by atoms with E-state index >= 15 is 0 Å². The Kier molecular flexibility index (Phi) is 5.78. The average Bonchev–Trinajstić information content (AvgIpc) is 3.41. The molecule has 194 valence electrons. The lowest BCUT2D eigenvalue weighted by Gasteiger charge is -2.64. The Morgan fingerprint density at radius 3 is 2.29 bits per heavy atom. The minimum atomic E-state index is -0.404. The van der Waals surface area contributed by atoms with Crippen molar-refractivity contribution < 1.29 is 20.4 Å². The summed E-state index contributed by atoms with van der Waals surface area (Å²) in [4.78, 5) is 0. The van der Waals surface area contributed by atoms with Crippen LogP contribution in [0.1, 0.15) is 99.3 Å². The maximum Gasteiger partial charge on any atom is 0.0639 e. The van der Waals surface area contributed by atoms with Crippen LogP contribution in [0, 0.1) is 50.7 Å². The van der Waals surface area contributed by atoms with Crippen LogP contribution < -0.4 is 0 Å². The van der Waals surface area contributed by atoms with Gasteiger partial charge in [0.1, 0.15) is 0 Å². The smallest absolute Gasteiger partial charge is 0.0639 e. The van der Waals surface area contributed by atoms with E-state index in [1.807, 2.05) is 13.0 Å². The minimum Gasteiger partial charge on any atom is -0.393 e. The van der Waals surface area contributed by atoms with Crippen LogP contribution in [0.25, 0.3) is 0 Å². The van der Waals surface area contributed by atoms with Crippen molar-refractivity contribution in [3.8, 4) is 0 Å². The van der Waals surface area contributed by atoms with Crippen LogP contribution in [0.2, 0.25) is 0 Å². The maximum atomic E-state index is 11.5. The first-order valence-electron chi connectivity index (χ1n) is 14.1. The molecule has 4 N–H and O–H groups in total. The number of rotatable bonds is 5. The molecule has 5 saturated carbocycles. The third kappa shape index (κ3) is 2.92. The van der Waals surface area contributed by atoms with E-state index in [1.54, 1.807) is 0 Å². The monoisotopic (exact) mass is 474 g/mol. The number of aliphatic hydroxyl groups excluding tert-OH is 4. The van der Waals surface area contributed by atoms with E-state index < -0.39 is 6.10 Å². The van der Waals surface area contributed by atoms with Crippen LogP contribution in [0.4, 0.5) is 0 Å². The molecule has 0 unspecified atom stereocenters. The summed E-state index contributed by atoms with van der Waals surface area (Å²) in [6.45, 7) is 13.8. The Labute approximate surface area is 207 Å². The molecule has 4 heteroatoms. The zero-order valence-corrected chi connectivity index (χ0v) is 22.5. The first-order chi connectivity index (χ1) is 15.8. The topological polar surface area (TPSA) is 80.9 Å². The van der Waals surface area contributed by atoms with Crippen molar-refractivity contribution >= 4 is 0 Å². The summed E-state index contributed by atoms with van der Waals surface area (Å²) >= 11 is 0. The van der Waals surface area contributed by atoms with Crippen LogP contribution >= 0.6 is 0 Å². The van der Waals surface area contributed by atoms with Gasteiger partial charge in [-0.25, -0.2) is 0 Å². The summed E-state index contributed by atoms with van der Waals surface area (Å²) in [5, 5.41) is 42.7. The molecule has 0 aromatic carbocycles. The van der Waals surface area contributed by atoms with Crippen LogP contribution in [-0.2, 0) is 0 Å². The SMILES string of the molecule is C/C(=C\C[C@@H](O)[C@@H](C)[C@H]1CC[C@@]2(C)[C@@H]3CC[C@H]4C(C)(C)[C@@H](O)C[C@@H](O)[C@@]45C[C@@]35CC[C@]12C)CO. The van der Waals surface area contributed by atoms with Gasteiger partial charge in [-0.2, -0.15) is 0 Å². The molecule has 0 aromatic rings. The highest BCUT2D eigenvalue weighted by Gasteiger charge is 2.84. The summed E-state index contributed by atoms with van der Waals surface area (Å²) in [6.07, 6.45) is 10.4. The Balaban J connectivity index is 1.42. The van der Waals surface area contributed by atoms with Crippen molar-refractivity contribution in [2.75, 3.05) is 6.61 Å². The largest absolute Gasteiger partial charge is 0.393 e. The van der Waals surface area contributed by atoms with Gasteiger partial charge in [0.25, 0.3) is 0 Å². The van der Waals surface area contributed by atoms with E-state index in [-0.39, 0.29) is 51.8 Å². The molecule has 5 aliphatic carbocycles. The van der Waals surface area contributed by atoms with E-state index in [1.165, 1.54) is 32.1 Å². The van der Waals surface area contributed by atoms with E-state index in [4.69, 9.17) is 0 Å². The molecule has 0 aliphatic heterocycles. The first kappa shape index (κ1) is 25.2. The van der Waals surface area contributed by atoms with Gasteiger partial charge in [-0.15, -0.1) is 0 Å². The lowest BCUT2D eigenvalue weighted by molar-refractivity contribution is -0.196. The highest BCUT2D eigenvalue weighted by Crippen LogP contribution is 2.89. The van der Waals surface area contributed by atoms with Gasteiger partial charge in [-0.05, 0) is 104 Å². The van der Waals surface area contributed by atoms with Gasteiger partial charge in [0, 0.05) is 11.8 Å². The zero-order chi connectivity index (χ0) is 24.9. The molecular formula is C30H50O4. The molecule has 5 fully saturated rings. The van der Waals surface area contributed by atoms with Gasteiger partial charge in [0.15, 0.2) is 0 Å². The van der Waals surface area contributed by atoms with Crippen molar-refractivity contribution in [1.29, 1.82) is 0 Å². The third-order valence-corrected chi connectivity index (χ3v) is 13.4. The molecule has 2 spiro atoms. The van der Waals surface area contributed by atoms with Crippen molar-refractivity contribution in [1.82, 2.24) is 0 Å². The highest BCUT2D eigenvalue weighted by molar-refractivity contribution is 5.32. The minimum absolute atomic E-state index is 0.0127. The second kappa shape index (κ2) is 7.79. The summed E-state index contributed by atoms with van der Waals surface area (Å²) in [5.74, 6) is 1.81. The molecule has 0 aromatic heterocycles. The number of hydrogen-bond donors (Lipinski definition) is 4. The van der Waals surface area contributed by atoms with E-state index in [0.717, 1.165) is 18.4 Å².